The van der Waals surface area contributed by atoms with E-state index in [-0.39, 0.29) is 51.4 Å². The van der Waals surface area contributed by atoms with E-state index in [1.807, 2.05) is 0 Å². The molecule has 0 amide bonds. The van der Waals surface area contributed by atoms with Gasteiger partial charge in [0.15, 0.2) is 6.29 Å². The van der Waals surface area contributed by atoms with Gasteiger partial charge in [-0.25, -0.2) is 8.42 Å². The summed E-state index contributed by atoms with van der Waals surface area (Å²) in [5.74, 6) is 0. The molecule has 0 bridgehead atoms. The van der Waals surface area contributed by atoms with Crippen LogP contribution in [0.5, 0.6) is 0 Å². The van der Waals surface area contributed by atoms with E-state index in [1.54, 1.807) is 0 Å². The third kappa shape index (κ3) is 18.1. The average molecular weight is 548 g/mol. The summed E-state index contributed by atoms with van der Waals surface area (Å²) in [6, 6.07) is -0.996. The van der Waals surface area contributed by atoms with Gasteiger partial charge in [-0.1, -0.05) is 76.9 Å². The van der Waals surface area contributed by atoms with Crippen LogP contribution in [-0.2, 0) is 24.1 Å². The molecule has 4 N–H and O–H groups in total. The van der Waals surface area contributed by atoms with Crippen LogP contribution in [-0.4, -0.2) is 67.0 Å². The van der Waals surface area contributed by atoms with E-state index in [0.29, 0.717) is 6.61 Å². The van der Waals surface area contributed by atoms with Crippen molar-refractivity contribution in [2.24, 2.45) is 5.73 Å². The Morgan fingerprint density at radius 3 is 1.94 bits per heavy atom. The number of hydrogen-bond donors (Lipinski definition) is 3. The average Bonchev–Trinajstić information content (AvgIpc) is 2.79. The number of unbranched alkanes of at least 4 members (excludes halogenated alkanes) is 12. The smallest absolute Gasteiger partial charge is 0.726 e. The maximum absolute atomic E-state index is 10.6. The Labute approximate surface area is 254 Å². The summed E-state index contributed by atoms with van der Waals surface area (Å²) in [5.41, 5.74) is 5.84. The fraction of sp³-hybridized carbons (Fsp3) is 0.917. The molecule has 1 aliphatic heterocycles. The predicted octanol–water partition coefficient (Wildman–Crippen LogP) is 0.295. The minimum absolute atomic E-state index is 0. The molecule has 0 spiro atoms. The SMILES string of the molecule is CCCCCCCC/C=C\CCCCCCCCO[C@H]1O[C@H](COS(=O)(=O)[O-])[C@@H](O)[C@H](O)[C@H]1N.[K+]. The Kier molecular flexibility index (Phi) is 22.6. The zero-order chi connectivity index (χ0) is 25.2. The van der Waals surface area contributed by atoms with Crippen LogP contribution >= 0.6 is 0 Å². The Balaban J connectivity index is 0.0000116. The van der Waals surface area contributed by atoms with Gasteiger partial charge >= 0.3 is 51.4 Å². The minimum Gasteiger partial charge on any atom is -0.726 e. The van der Waals surface area contributed by atoms with Crippen LogP contribution in [0.4, 0.5) is 0 Å². The molecule has 11 heteroatoms. The van der Waals surface area contributed by atoms with Crippen molar-refractivity contribution >= 4 is 10.4 Å². The molecule has 1 fully saturated rings. The van der Waals surface area contributed by atoms with E-state index in [0.717, 1.165) is 25.7 Å². The van der Waals surface area contributed by atoms with Crippen LogP contribution < -0.4 is 57.1 Å². The largest absolute Gasteiger partial charge is 1.00 e. The molecule has 1 saturated heterocycles. The quantitative estimate of drug-likeness (QED) is 0.0642. The van der Waals surface area contributed by atoms with Crippen molar-refractivity contribution in [1.82, 2.24) is 0 Å². The van der Waals surface area contributed by atoms with Crippen molar-refractivity contribution in [3.63, 3.8) is 0 Å². The molecule has 1 rings (SSSR count). The van der Waals surface area contributed by atoms with E-state index in [1.165, 1.54) is 64.2 Å². The molecule has 0 saturated carbocycles. The molecule has 35 heavy (non-hydrogen) atoms. The number of allylic oxidation sites excluding steroid dienone is 2. The van der Waals surface area contributed by atoms with Crippen molar-refractivity contribution in [3.05, 3.63) is 12.2 Å². The van der Waals surface area contributed by atoms with Crippen LogP contribution in [0.1, 0.15) is 96.8 Å². The summed E-state index contributed by atoms with van der Waals surface area (Å²) in [7, 11) is -4.94. The fourth-order valence-electron chi connectivity index (χ4n) is 3.94. The van der Waals surface area contributed by atoms with Gasteiger partial charge in [0, 0.05) is 6.61 Å². The van der Waals surface area contributed by atoms with Gasteiger partial charge in [0.25, 0.3) is 0 Å². The Hall–Kier alpha value is 1.05. The van der Waals surface area contributed by atoms with E-state index in [2.05, 4.69) is 23.3 Å². The second-order valence-corrected chi connectivity index (χ2v) is 10.2. The van der Waals surface area contributed by atoms with Crippen molar-refractivity contribution in [2.75, 3.05) is 13.2 Å². The van der Waals surface area contributed by atoms with E-state index in [9.17, 15) is 23.2 Å². The fourth-order valence-corrected chi connectivity index (χ4v) is 4.24. The molecule has 0 radical (unpaired) electrons. The summed E-state index contributed by atoms with van der Waals surface area (Å²) in [6.45, 7) is 1.88. The van der Waals surface area contributed by atoms with Gasteiger partial charge in [-0.05, 0) is 32.1 Å². The van der Waals surface area contributed by atoms with Crippen molar-refractivity contribution in [1.29, 1.82) is 0 Å². The topological polar surface area (TPSA) is 151 Å². The molecule has 5 atom stereocenters. The number of hydrogen-bond acceptors (Lipinski definition) is 9. The number of ether oxygens (including phenoxy) is 2. The van der Waals surface area contributed by atoms with Crippen LogP contribution in [0.25, 0.3) is 0 Å². The number of nitrogens with two attached hydrogens (primary N) is 1. The molecule has 1 heterocycles. The molecule has 0 aliphatic carbocycles. The second-order valence-electron chi connectivity index (χ2n) is 9.10. The molecule has 202 valence electrons. The summed E-state index contributed by atoms with van der Waals surface area (Å²) >= 11 is 0. The number of aliphatic hydroxyl groups excluding tert-OH is 2. The van der Waals surface area contributed by atoms with Crippen molar-refractivity contribution < 1.29 is 88.2 Å². The molecular formula is C24H46KNO8S. The maximum Gasteiger partial charge on any atom is 1.00 e. The van der Waals surface area contributed by atoms with Crippen molar-refractivity contribution in [3.8, 4) is 0 Å². The van der Waals surface area contributed by atoms with Gasteiger partial charge in [-0.2, -0.15) is 0 Å². The van der Waals surface area contributed by atoms with Crippen LogP contribution in [0.15, 0.2) is 12.2 Å². The summed E-state index contributed by atoms with van der Waals surface area (Å²) in [6.07, 6.45) is 16.3. The first-order valence-corrected chi connectivity index (χ1v) is 14.2. The van der Waals surface area contributed by atoms with E-state index in [4.69, 9.17) is 15.2 Å². The summed E-state index contributed by atoms with van der Waals surface area (Å²) in [5, 5.41) is 20.0. The maximum atomic E-state index is 10.6. The van der Waals surface area contributed by atoms with E-state index < -0.39 is 47.6 Å². The Bertz CT molecular complexity index is 637. The number of aliphatic hydroxyl groups is 2. The summed E-state index contributed by atoms with van der Waals surface area (Å²) in [4.78, 5) is 0. The normalized spacial score (nSPS) is 25.1. The molecule has 0 aromatic carbocycles. The predicted molar refractivity (Wildman–Crippen MR) is 130 cm³/mol. The zero-order valence-corrected chi connectivity index (χ0v) is 25.6. The van der Waals surface area contributed by atoms with Gasteiger partial charge < -0.3 is 30.0 Å². The Morgan fingerprint density at radius 2 is 1.40 bits per heavy atom. The van der Waals surface area contributed by atoms with E-state index >= 15 is 0 Å². The standard InChI is InChI=1S/C24H47NO8S.K/c1-2-3-4-5-6-7-8-9-10-11-12-13-14-15-16-17-18-31-24-21(25)23(27)22(26)20(33-24)19-32-34(28,29)30;/h9-10,20-24,26-27H,2-8,11-19,25H2,1H3,(H,28,29,30);/q;+1/p-1/b10-9-;/t20-,21-,22-,23-,24+;/m1./s1. The molecule has 1 aliphatic rings. The van der Waals surface area contributed by atoms with Crippen LogP contribution in [0.3, 0.4) is 0 Å². The molecular weight excluding hydrogens is 501 g/mol. The van der Waals surface area contributed by atoms with Gasteiger partial charge in [0.1, 0.15) is 18.3 Å². The first kappa shape index (κ1) is 36.0. The summed E-state index contributed by atoms with van der Waals surface area (Å²) < 4.78 is 47.0. The van der Waals surface area contributed by atoms with Crippen LogP contribution in [0, 0.1) is 0 Å². The molecule has 0 unspecified atom stereocenters. The Morgan fingerprint density at radius 1 is 0.886 bits per heavy atom. The first-order valence-electron chi connectivity index (χ1n) is 12.9. The second kappa shape index (κ2) is 21.9. The first-order chi connectivity index (χ1) is 16.3. The molecule has 0 aromatic rings. The van der Waals surface area contributed by atoms with Crippen LogP contribution in [0.2, 0.25) is 0 Å². The molecule has 9 nitrogen and oxygen atoms in total. The third-order valence-electron chi connectivity index (χ3n) is 6.06. The van der Waals surface area contributed by atoms with Crippen molar-refractivity contribution in [2.45, 2.75) is 127 Å². The third-order valence-corrected chi connectivity index (χ3v) is 6.49. The minimum atomic E-state index is -4.94. The van der Waals surface area contributed by atoms with Gasteiger partial charge in [-0.3, -0.25) is 4.18 Å². The number of rotatable bonds is 20. The van der Waals surface area contributed by atoms with Gasteiger partial charge in [0.2, 0.25) is 10.4 Å². The zero-order valence-electron chi connectivity index (χ0n) is 21.7. The monoisotopic (exact) mass is 547 g/mol. The molecule has 0 aromatic heterocycles. The van der Waals surface area contributed by atoms with Gasteiger partial charge in [0.05, 0.1) is 12.6 Å². The van der Waals surface area contributed by atoms with Gasteiger partial charge in [-0.15, -0.1) is 0 Å².